The number of hydrogen-bond donors (Lipinski definition) is 1. The molecule has 2 aromatic rings. The molecule has 2 aliphatic rings. The zero-order chi connectivity index (χ0) is 23.5. The van der Waals surface area contributed by atoms with Crippen LogP contribution in [0.2, 0.25) is 0 Å². The first-order valence-electron chi connectivity index (χ1n) is 10.3. The van der Waals surface area contributed by atoms with Crippen molar-refractivity contribution < 1.29 is 14.3 Å². The molecule has 8 nitrogen and oxygen atoms in total. The molecule has 2 N–H and O–H groups in total. The van der Waals surface area contributed by atoms with Crippen LogP contribution in [0.15, 0.2) is 57.9 Å². The molecule has 0 bridgehead atoms. The summed E-state index contributed by atoms with van der Waals surface area (Å²) in [6.07, 6.45) is 3.58. The van der Waals surface area contributed by atoms with Crippen molar-refractivity contribution in [2.75, 3.05) is 24.9 Å². The summed E-state index contributed by atoms with van der Waals surface area (Å²) in [6, 6.07) is 7.66. The van der Waals surface area contributed by atoms with Gasteiger partial charge in [0.2, 0.25) is 5.13 Å². The first-order valence-corrected chi connectivity index (χ1v) is 12.1. The van der Waals surface area contributed by atoms with E-state index in [1.54, 1.807) is 37.3 Å². The highest BCUT2D eigenvalue weighted by atomic mass is 32.2. The highest BCUT2D eigenvalue weighted by molar-refractivity contribution is 8.01. The van der Waals surface area contributed by atoms with Crippen molar-refractivity contribution in [1.82, 2.24) is 10.2 Å². The number of carbonyl (C=O) groups is 1. The number of methoxy groups -OCH3 is 2. The highest BCUT2D eigenvalue weighted by Gasteiger charge is 2.41. The van der Waals surface area contributed by atoms with Gasteiger partial charge in [-0.3, -0.25) is 9.69 Å². The van der Waals surface area contributed by atoms with Crippen LogP contribution < -0.4 is 20.1 Å². The number of hydrogen-bond acceptors (Lipinski definition) is 10. The number of carbonyl (C=O) groups excluding carboxylic acids is 1. The molecular formula is C23H23N5O3S2. The van der Waals surface area contributed by atoms with Crippen LogP contribution in [0.1, 0.15) is 30.7 Å². The van der Waals surface area contributed by atoms with Crippen molar-refractivity contribution in [2.24, 2.45) is 5.73 Å². The summed E-state index contributed by atoms with van der Waals surface area (Å²) in [5.41, 5.74) is 8.98. The molecule has 0 saturated carbocycles. The number of nitrogens with two attached hydrogens (primary N) is 1. The van der Waals surface area contributed by atoms with Crippen molar-refractivity contribution in [3.05, 3.63) is 59.1 Å². The van der Waals surface area contributed by atoms with Crippen molar-refractivity contribution in [3.8, 4) is 17.6 Å². The number of nitriles is 1. The highest BCUT2D eigenvalue weighted by Crippen LogP contribution is 2.48. The number of Topliss-reactive ketones (excluding diaryl/α,β-unsaturated/α-hetero) is 1. The van der Waals surface area contributed by atoms with Gasteiger partial charge in [0, 0.05) is 23.4 Å². The number of rotatable bonds is 7. The average molecular weight is 482 g/mol. The standard InChI is InChI=1S/C23H23N5O3S2/c1-4-10-32-23-27-26-22(33-23)28-15-6-5-7-16(29)20(15)19(14(12-24)21(28)25)13-8-9-17(30-2)18(11-13)31-3/h4,8-9,11,19H,1,5-7,10,25H2,2-3H3. The van der Waals surface area contributed by atoms with E-state index in [1.807, 2.05) is 6.07 Å². The van der Waals surface area contributed by atoms with Crippen LogP contribution in [0.5, 0.6) is 11.5 Å². The van der Waals surface area contributed by atoms with Crippen LogP contribution in [0.3, 0.4) is 0 Å². The van der Waals surface area contributed by atoms with Gasteiger partial charge in [0.05, 0.1) is 31.8 Å². The van der Waals surface area contributed by atoms with E-state index in [4.69, 9.17) is 15.2 Å². The molecule has 1 unspecified atom stereocenters. The zero-order valence-corrected chi connectivity index (χ0v) is 20.0. The van der Waals surface area contributed by atoms with Gasteiger partial charge in [0.25, 0.3) is 0 Å². The molecule has 0 radical (unpaired) electrons. The Morgan fingerprint density at radius 1 is 1.33 bits per heavy atom. The Morgan fingerprint density at radius 2 is 2.12 bits per heavy atom. The maximum absolute atomic E-state index is 13.2. The van der Waals surface area contributed by atoms with E-state index < -0.39 is 5.92 Å². The molecule has 0 amide bonds. The molecule has 0 fully saturated rings. The van der Waals surface area contributed by atoms with E-state index >= 15 is 0 Å². The van der Waals surface area contributed by atoms with E-state index in [9.17, 15) is 10.1 Å². The number of anilines is 1. The predicted octanol–water partition coefficient (Wildman–Crippen LogP) is 4.14. The number of ketones is 1. The molecule has 1 aromatic heterocycles. The second-order valence-electron chi connectivity index (χ2n) is 7.38. The quantitative estimate of drug-likeness (QED) is 0.460. The second-order valence-corrected chi connectivity index (χ2v) is 9.60. The third-order valence-electron chi connectivity index (χ3n) is 5.57. The SMILES string of the molecule is C=CCSc1nnc(N2C(N)=C(C#N)C(c3ccc(OC)c(OC)c3)C3=C2CCCC3=O)s1. The summed E-state index contributed by atoms with van der Waals surface area (Å²) in [6.45, 7) is 3.73. The monoisotopic (exact) mass is 481 g/mol. The molecule has 33 heavy (non-hydrogen) atoms. The Morgan fingerprint density at radius 3 is 2.82 bits per heavy atom. The summed E-state index contributed by atoms with van der Waals surface area (Å²) in [5, 5.41) is 19.2. The molecule has 1 aliphatic heterocycles. The van der Waals surface area contributed by atoms with E-state index in [1.165, 1.54) is 23.1 Å². The molecule has 0 saturated heterocycles. The molecule has 1 aromatic carbocycles. The van der Waals surface area contributed by atoms with Gasteiger partial charge in [-0.2, -0.15) is 5.26 Å². The van der Waals surface area contributed by atoms with Crippen LogP contribution in [0, 0.1) is 11.3 Å². The van der Waals surface area contributed by atoms with Crippen molar-refractivity contribution in [2.45, 2.75) is 29.5 Å². The van der Waals surface area contributed by atoms with Gasteiger partial charge >= 0.3 is 0 Å². The largest absolute Gasteiger partial charge is 0.493 e. The number of benzene rings is 1. The molecule has 170 valence electrons. The van der Waals surface area contributed by atoms with Crippen LogP contribution >= 0.6 is 23.1 Å². The lowest BCUT2D eigenvalue weighted by atomic mass is 9.75. The maximum atomic E-state index is 13.2. The molecule has 2 heterocycles. The van der Waals surface area contributed by atoms with Gasteiger partial charge in [-0.1, -0.05) is 35.2 Å². The van der Waals surface area contributed by atoms with Gasteiger partial charge < -0.3 is 15.2 Å². The third kappa shape index (κ3) is 4.10. The summed E-state index contributed by atoms with van der Waals surface area (Å²) in [5.74, 6) is 1.48. The van der Waals surface area contributed by atoms with Crippen LogP contribution in [-0.2, 0) is 4.79 Å². The van der Waals surface area contributed by atoms with E-state index in [2.05, 4.69) is 22.8 Å². The fourth-order valence-electron chi connectivity index (χ4n) is 4.15. The minimum absolute atomic E-state index is 0.00653. The van der Waals surface area contributed by atoms with Gasteiger partial charge in [-0.15, -0.1) is 16.8 Å². The number of aromatic nitrogens is 2. The zero-order valence-electron chi connectivity index (χ0n) is 18.3. The van der Waals surface area contributed by atoms with E-state index in [-0.39, 0.29) is 11.6 Å². The van der Waals surface area contributed by atoms with Crippen LogP contribution in [-0.4, -0.2) is 36.0 Å². The minimum atomic E-state index is -0.587. The van der Waals surface area contributed by atoms with Gasteiger partial charge in [-0.05, 0) is 30.5 Å². The van der Waals surface area contributed by atoms with Gasteiger partial charge in [0.15, 0.2) is 21.6 Å². The Hall–Kier alpha value is -3.29. The van der Waals surface area contributed by atoms with Gasteiger partial charge in [0.1, 0.15) is 5.82 Å². The molecule has 1 atom stereocenters. The maximum Gasteiger partial charge on any atom is 0.219 e. The molecular weight excluding hydrogens is 458 g/mol. The molecule has 0 spiro atoms. The minimum Gasteiger partial charge on any atom is -0.493 e. The fraction of sp³-hybridized carbons (Fsp3) is 0.304. The number of allylic oxidation sites excluding steroid dienone is 3. The average Bonchev–Trinajstić information content (AvgIpc) is 3.30. The first-order chi connectivity index (χ1) is 16.0. The Bertz CT molecular complexity index is 1210. The topological polar surface area (TPSA) is 114 Å². The van der Waals surface area contributed by atoms with Crippen molar-refractivity contribution in [1.29, 1.82) is 5.26 Å². The first kappa shape index (κ1) is 22.9. The van der Waals surface area contributed by atoms with Gasteiger partial charge in [-0.25, -0.2) is 0 Å². The summed E-state index contributed by atoms with van der Waals surface area (Å²) < 4.78 is 11.6. The van der Waals surface area contributed by atoms with Crippen molar-refractivity contribution in [3.63, 3.8) is 0 Å². The number of ether oxygens (including phenoxy) is 2. The van der Waals surface area contributed by atoms with Crippen LogP contribution in [0.25, 0.3) is 0 Å². The lowest BCUT2D eigenvalue weighted by Gasteiger charge is -2.38. The Kier molecular flexibility index (Phi) is 6.72. The summed E-state index contributed by atoms with van der Waals surface area (Å²) in [4.78, 5) is 15.0. The smallest absolute Gasteiger partial charge is 0.219 e. The lowest BCUT2D eigenvalue weighted by Crippen LogP contribution is -2.38. The Balaban J connectivity index is 1.87. The third-order valence-corrected chi connectivity index (χ3v) is 7.60. The summed E-state index contributed by atoms with van der Waals surface area (Å²) in [7, 11) is 3.11. The fourth-order valence-corrected chi connectivity index (χ4v) is 5.79. The normalized spacial score (nSPS) is 18.2. The molecule has 4 rings (SSSR count). The predicted molar refractivity (Wildman–Crippen MR) is 128 cm³/mol. The molecule has 10 heteroatoms. The lowest BCUT2D eigenvalue weighted by molar-refractivity contribution is -0.116. The van der Waals surface area contributed by atoms with E-state index in [0.717, 1.165) is 15.6 Å². The van der Waals surface area contributed by atoms with Crippen LogP contribution in [0.4, 0.5) is 5.13 Å². The Labute approximate surface area is 200 Å². The van der Waals surface area contributed by atoms with Crippen molar-refractivity contribution >= 4 is 34.0 Å². The summed E-state index contributed by atoms with van der Waals surface area (Å²) >= 11 is 2.89. The second kappa shape index (κ2) is 9.68. The molecule has 1 aliphatic carbocycles. The number of nitrogens with zero attached hydrogens (tertiary/aromatic N) is 4. The number of thioether (sulfide) groups is 1. The van der Waals surface area contributed by atoms with E-state index in [0.29, 0.717) is 52.8 Å².